The molecule has 2 unspecified atom stereocenters. The van der Waals surface area contributed by atoms with Gasteiger partial charge in [-0.2, -0.15) is 0 Å². The molecule has 0 aromatic heterocycles. The molecule has 0 aromatic rings. The highest BCUT2D eigenvalue weighted by atomic mass is 16.4. The van der Waals surface area contributed by atoms with Gasteiger partial charge in [-0.05, 0) is 0 Å². The maximum atomic E-state index is 10.7. The summed E-state index contributed by atoms with van der Waals surface area (Å²) >= 11 is 0. The minimum atomic E-state index is -1.34. The number of carboxylic acids is 1. The van der Waals surface area contributed by atoms with Crippen molar-refractivity contribution in [2.75, 3.05) is 0 Å². The van der Waals surface area contributed by atoms with Crippen molar-refractivity contribution in [2.24, 2.45) is 0 Å². The van der Waals surface area contributed by atoms with Crippen LogP contribution in [0, 0.1) is 6.92 Å². The SMILES string of the molecule is [CH]C(NC(=[O+])C(C)[NH3+])C(=O)O. The van der Waals surface area contributed by atoms with E-state index in [4.69, 9.17) is 12.0 Å². The van der Waals surface area contributed by atoms with Gasteiger partial charge in [0.25, 0.3) is 4.79 Å². The van der Waals surface area contributed by atoms with Gasteiger partial charge in [-0.15, -0.1) is 0 Å². The van der Waals surface area contributed by atoms with Crippen molar-refractivity contribution in [3.63, 3.8) is 0 Å². The highest BCUT2D eigenvalue weighted by Gasteiger charge is 2.29. The first-order chi connectivity index (χ1) is 4.95. The Morgan fingerprint density at radius 1 is 1.82 bits per heavy atom. The Labute approximate surface area is 64.6 Å². The lowest BCUT2D eigenvalue weighted by molar-refractivity contribution is -0.398. The second kappa shape index (κ2) is 3.92. The van der Waals surface area contributed by atoms with Gasteiger partial charge < -0.3 is 10.8 Å². The molecule has 0 spiro atoms. The lowest BCUT2D eigenvalue weighted by Crippen LogP contribution is -2.66. The molecule has 0 saturated heterocycles. The molecule has 0 rings (SSSR count). The van der Waals surface area contributed by atoms with Gasteiger partial charge in [0.05, 0.1) is 0 Å². The summed E-state index contributed by atoms with van der Waals surface area (Å²) < 4.78 is 0. The zero-order valence-electron chi connectivity index (χ0n) is 6.20. The van der Waals surface area contributed by atoms with Crippen LogP contribution in [0.2, 0.25) is 0 Å². The van der Waals surface area contributed by atoms with E-state index in [1.807, 2.05) is 0 Å². The van der Waals surface area contributed by atoms with Crippen molar-refractivity contribution < 1.29 is 20.4 Å². The van der Waals surface area contributed by atoms with Crippen molar-refractivity contribution in [3.8, 4) is 0 Å². The molecule has 61 valence electrons. The summed E-state index contributed by atoms with van der Waals surface area (Å²) in [5, 5.41) is 10.3. The molecule has 0 saturated carbocycles. The molecule has 0 aliphatic rings. The molecule has 5 heteroatoms. The van der Waals surface area contributed by atoms with E-state index in [0.717, 1.165) is 0 Å². The minimum absolute atomic E-state index is 0.472. The number of nitrogens with one attached hydrogen (secondary N) is 1. The highest BCUT2D eigenvalue weighted by molar-refractivity contribution is 5.85. The monoisotopic (exact) mass is 159 g/mol. The number of quaternary nitrogens is 1. The molecule has 0 heterocycles. The minimum Gasteiger partial charge on any atom is -0.480 e. The average Bonchev–Trinajstić information content (AvgIpc) is 1.87. The third kappa shape index (κ3) is 3.57. The topological polar surface area (TPSA) is 96.9 Å². The highest BCUT2D eigenvalue weighted by Crippen LogP contribution is 1.81. The van der Waals surface area contributed by atoms with Crippen molar-refractivity contribution in [3.05, 3.63) is 6.92 Å². The molecule has 5 nitrogen and oxygen atoms in total. The second-order valence-electron chi connectivity index (χ2n) is 2.23. The van der Waals surface area contributed by atoms with Gasteiger partial charge in [-0.25, -0.2) is 4.79 Å². The first kappa shape index (κ1) is 9.90. The summed E-state index contributed by atoms with van der Waals surface area (Å²) in [5.41, 5.74) is 3.39. The number of amides is 1. The number of hydrogen-bond acceptors (Lipinski definition) is 2. The third-order valence-electron chi connectivity index (χ3n) is 1.01. The molecule has 0 fully saturated rings. The summed E-state index contributed by atoms with van der Waals surface area (Å²) in [6.07, 6.45) is 0. The molecular weight excluding hydrogens is 148 g/mol. The number of carbonyl (C=O) groups excluding carboxylic acids is 1. The van der Waals surface area contributed by atoms with Crippen LogP contribution in [0.1, 0.15) is 6.92 Å². The van der Waals surface area contributed by atoms with E-state index in [9.17, 15) is 9.59 Å². The molecule has 11 heavy (non-hydrogen) atoms. The fourth-order valence-corrected chi connectivity index (χ4v) is 0.357. The lowest BCUT2D eigenvalue weighted by atomic mass is 10.3. The van der Waals surface area contributed by atoms with Gasteiger partial charge in [0.1, 0.15) is 6.04 Å². The fourth-order valence-electron chi connectivity index (χ4n) is 0.357. The van der Waals surface area contributed by atoms with Gasteiger partial charge >= 0.3 is 11.9 Å². The van der Waals surface area contributed by atoms with Crippen molar-refractivity contribution >= 4 is 11.9 Å². The number of carbonyl (C=O) groups is 2. The van der Waals surface area contributed by atoms with E-state index in [0.29, 0.717) is 0 Å². The van der Waals surface area contributed by atoms with Gasteiger partial charge in [0, 0.05) is 13.8 Å². The van der Waals surface area contributed by atoms with E-state index in [1.165, 1.54) is 0 Å². The lowest BCUT2D eigenvalue weighted by Gasteiger charge is -2.01. The van der Waals surface area contributed by atoms with E-state index in [2.05, 4.69) is 11.1 Å². The van der Waals surface area contributed by atoms with Gasteiger partial charge in [0.2, 0.25) is 6.04 Å². The normalized spacial score (nSPS) is 15.2. The maximum Gasteiger partial charge on any atom is 0.597 e. The standard InChI is InChI=1S/C6H10N2O3/c1-3(7)5(9)8-4(2)6(10)11/h2-4,8H,7H2,1H3,(H,10,11)/q+1/p+1. The molecule has 0 aliphatic heterocycles. The zero-order chi connectivity index (χ0) is 9.02. The maximum absolute atomic E-state index is 10.7. The van der Waals surface area contributed by atoms with E-state index >= 15 is 0 Å². The number of hydrogen-bond donors (Lipinski definition) is 3. The molecule has 0 aliphatic carbocycles. The molecule has 2 atom stereocenters. The molecule has 3 radical (unpaired) electrons. The van der Waals surface area contributed by atoms with Crippen LogP contribution in [0.25, 0.3) is 0 Å². The van der Waals surface area contributed by atoms with Crippen LogP contribution in [0.5, 0.6) is 0 Å². The third-order valence-corrected chi connectivity index (χ3v) is 1.01. The molecular formula is C6H11N2O3+2. The molecule has 0 bridgehead atoms. The van der Waals surface area contributed by atoms with Crippen LogP contribution in [0.15, 0.2) is 0 Å². The first-order valence-electron chi connectivity index (χ1n) is 3.07. The Bertz CT molecular complexity index is 167. The van der Waals surface area contributed by atoms with Crippen LogP contribution in [0.4, 0.5) is 0 Å². The predicted octanol–water partition coefficient (Wildman–Crippen LogP) is -2.10. The number of carboxylic acid groups (broad SMARTS) is 1. The second-order valence-corrected chi connectivity index (χ2v) is 2.23. The Morgan fingerprint density at radius 3 is 2.55 bits per heavy atom. The summed E-state index contributed by atoms with van der Waals surface area (Å²) in [6.45, 7) is 6.54. The molecule has 1 amide bonds. The fraction of sp³-hybridized carbons (Fsp3) is 0.500. The predicted molar refractivity (Wildman–Crippen MR) is 36.2 cm³/mol. The molecule has 0 aromatic carbocycles. The first-order valence-corrected chi connectivity index (χ1v) is 3.07. The van der Waals surface area contributed by atoms with Crippen LogP contribution in [-0.4, -0.2) is 29.1 Å². The van der Waals surface area contributed by atoms with Gasteiger partial charge in [-0.1, -0.05) is 0 Å². The van der Waals surface area contributed by atoms with Gasteiger partial charge in [0.15, 0.2) is 0 Å². The Balaban J connectivity index is 3.85. The Morgan fingerprint density at radius 2 is 2.27 bits per heavy atom. The van der Waals surface area contributed by atoms with Crippen molar-refractivity contribution in [1.82, 2.24) is 5.32 Å². The van der Waals surface area contributed by atoms with Crippen LogP contribution >= 0.6 is 0 Å². The Kier molecular flexibility index (Phi) is 3.53. The average molecular weight is 159 g/mol. The zero-order valence-corrected chi connectivity index (χ0v) is 6.20. The summed E-state index contributed by atoms with van der Waals surface area (Å²) in [7, 11) is 0. The smallest absolute Gasteiger partial charge is 0.480 e. The number of aliphatic carboxylic acids is 1. The summed E-state index contributed by atoms with van der Waals surface area (Å²) in [6, 6.07) is -1.84. The molecule has 5 N–H and O–H groups in total. The van der Waals surface area contributed by atoms with Crippen molar-refractivity contribution in [2.45, 2.75) is 19.0 Å². The van der Waals surface area contributed by atoms with E-state index in [1.54, 1.807) is 6.92 Å². The van der Waals surface area contributed by atoms with E-state index in [-0.39, 0.29) is 0 Å². The van der Waals surface area contributed by atoms with E-state index < -0.39 is 24.0 Å². The van der Waals surface area contributed by atoms with Crippen LogP contribution in [-0.2, 0) is 9.59 Å². The van der Waals surface area contributed by atoms with Crippen molar-refractivity contribution in [1.29, 1.82) is 0 Å². The summed E-state index contributed by atoms with van der Waals surface area (Å²) in [5.74, 6) is -1.74. The quantitative estimate of drug-likeness (QED) is 0.411. The number of rotatable bonds is 3. The largest absolute Gasteiger partial charge is 0.597 e. The van der Waals surface area contributed by atoms with Gasteiger partial charge in [-0.3, -0.25) is 5.32 Å². The summed E-state index contributed by atoms with van der Waals surface area (Å²) in [4.78, 5) is 20.8. The van der Waals surface area contributed by atoms with Crippen LogP contribution in [0.3, 0.4) is 0 Å². The Hall–Kier alpha value is -1.10. The van der Waals surface area contributed by atoms with Crippen LogP contribution < -0.4 is 11.1 Å².